The van der Waals surface area contributed by atoms with Gasteiger partial charge in [0.1, 0.15) is 0 Å². The Labute approximate surface area is 180 Å². The van der Waals surface area contributed by atoms with Crippen LogP contribution < -0.4 is 5.32 Å². The topological polar surface area (TPSA) is 104 Å². The zero-order valence-electron chi connectivity index (χ0n) is 16.7. The van der Waals surface area contributed by atoms with Crippen LogP contribution >= 0.6 is 23.1 Å². The average Bonchev–Trinajstić information content (AvgIpc) is 3.30. The minimum Gasteiger partial charge on any atom is -0.382 e. The quantitative estimate of drug-likeness (QED) is 0.251. The zero-order valence-corrected chi connectivity index (χ0v) is 18.3. The third-order valence-corrected chi connectivity index (χ3v) is 6.30. The lowest BCUT2D eigenvalue weighted by Crippen LogP contribution is -2.18. The molecule has 0 fully saturated rings. The molecule has 0 saturated carbocycles. The highest BCUT2D eigenvalue weighted by atomic mass is 32.2. The van der Waals surface area contributed by atoms with E-state index < -0.39 is 0 Å². The van der Waals surface area contributed by atoms with Crippen LogP contribution in [0.3, 0.4) is 0 Å². The first-order valence-corrected chi connectivity index (χ1v) is 11.0. The first-order valence-electron chi connectivity index (χ1n) is 9.16. The molecule has 0 atom stereocenters. The molecule has 3 heterocycles. The molecule has 1 N–H and O–H groups in total. The maximum atomic E-state index is 12.8. The summed E-state index contributed by atoms with van der Waals surface area (Å²) in [4.78, 5) is 17.3. The van der Waals surface area contributed by atoms with E-state index in [1.165, 1.54) is 11.8 Å². The van der Waals surface area contributed by atoms with Gasteiger partial charge in [0.2, 0.25) is 0 Å². The van der Waals surface area contributed by atoms with Gasteiger partial charge in [0.25, 0.3) is 5.91 Å². The minimum atomic E-state index is -0.333. The van der Waals surface area contributed by atoms with Crippen molar-refractivity contribution in [1.29, 1.82) is 0 Å². The number of carbonyl (C=O) groups is 1. The maximum absolute atomic E-state index is 12.8. The van der Waals surface area contributed by atoms with Gasteiger partial charge in [-0.2, -0.15) is 5.10 Å². The molecule has 1 amide bonds. The molecule has 11 heteroatoms. The summed E-state index contributed by atoms with van der Waals surface area (Å²) in [5, 5.41) is 15.4. The first-order chi connectivity index (χ1) is 14.5. The summed E-state index contributed by atoms with van der Waals surface area (Å²) in [5.74, 6) is 0.181. The normalized spacial score (nSPS) is 11.4. The number of fused-ring (bicyclic) bond motifs is 2. The predicted molar refractivity (Wildman–Crippen MR) is 116 cm³/mol. The Morgan fingerprint density at radius 2 is 2.10 bits per heavy atom. The lowest BCUT2D eigenvalue weighted by atomic mass is 10.2. The Hall–Kier alpha value is -2.60. The number of hydrogen-bond acceptors (Lipinski definition) is 9. The number of aryl methyl sites for hydroxylation is 2. The molecule has 0 saturated heterocycles. The highest BCUT2D eigenvalue weighted by Gasteiger charge is 2.16. The Morgan fingerprint density at radius 1 is 1.23 bits per heavy atom. The molecule has 4 rings (SSSR count). The van der Waals surface area contributed by atoms with Crippen molar-refractivity contribution in [3.63, 3.8) is 0 Å². The molecule has 30 heavy (non-hydrogen) atoms. The number of amides is 1. The van der Waals surface area contributed by atoms with Gasteiger partial charge in [-0.05, 0) is 32.0 Å². The standard InChI is InChI=1S/C19H20N6O3S2/c1-11-8-16-22-23-17(12(2)25(16)24-11)18(26)20-13-4-5-14-15(9-13)30-19(21-14)29-10-28-7-6-27-3/h4-5,8-9H,6-7,10H2,1-3H3,(H,20,26). The molecule has 0 aliphatic heterocycles. The van der Waals surface area contributed by atoms with E-state index in [1.54, 1.807) is 29.9 Å². The number of anilines is 1. The molecule has 0 aliphatic rings. The smallest absolute Gasteiger partial charge is 0.278 e. The summed E-state index contributed by atoms with van der Waals surface area (Å²) in [6.45, 7) is 4.79. The minimum absolute atomic E-state index is 0.236. The van der Waals surface area contributed by atoms with Crippen molar-refractivity contribution in [1.82, 2.24) is 24.8 Å². The first kappa shape index (κ1) is 20.7. The second kappa shape index (κ2) is 9.04. The third kappa shape index (κ3) is 4.43. The molecule has 156 valence electrons. The fraction of sp³-hybridized carbons (Fsp3) is 0.316. The fourth-order valence-electron chi connectivity index (χ4n) is 2.81. The van der Waals surface area contributed by atoms with E-state index in [2.05, 4.69) is 25.6 Å². The second-order valence-corrected chi connectivity index (χ2v) is 8.67. The van der Waals surface area contributed by atoms with Gasteiger partial charge in [-0.15, -0.1) is 21.5 Å². The highest BCUT2D eigenvalue weighted by Crippen LogP contribution is 2.31. The van der Waals surface area contributed by atoms with Crippen molar-refractivity contribution in [3.05, 3.63) is 41.3 Å². The van der Waals surface area contributed by atoms with Crippen LogP contribution in [0.25, 0.3) is 15.9 Å². The van der Waals surface area contributed by atoms with Crippen LogP contribution in [0.5, 0.6) is 0 Å². The number of methoxy groups -OCH3 is 1. The van der Waals surface area contributed by atoms with E-state index in [0.717, 1.165) is 20.3 Å². The van der Waals surface area contributed by atoms with Crippen LogP contribution in [-0.2, 0) is 9.47 Å². The van der Waals surface area contributed by atoms with Crippen molar-refractivity contribution in [2.75, 3.05) is 31.6 Å². The summed E-state index contributed by atoms with van der Waals surface area (Å²) < 4.78 is 13.9. The molecule has 3 aromatic heterocycles. The lowest BCUT2D eigenvalue weighted by Gasteiger charge is -2.07. The number of aromatic nitrogens is 5. The van der Waals surface area contributed by atoms with E-state index in [1.807, 2.05) is 31.2 Å². The van der Waals surface area contributed by atoms with E-state index in [4.69, 9.17) is 9.47 Å². The van der Waals surface area contributed by atoms with Gasteiger partial charge in [0, 0.05) is 18.9 Å². The molecule has 0 aliphatic carbocycles. The van der Waals surface area contributed by atoms with Crippen LogP contribution in [0.15, 0.2) is 28.6 Å². The number of thiazole rings is 1. The second-order valence-electron chi connectivity index (χ2n) is 6.47. The molecule has 0 radical (unpaired) electrons. The van der Waals surface area contributed by atoms with Gasteiger partial charge >= 0.3 is 0 Å². The summed E-state index contributed by atoms with van der Waals surface area (Å²) in [6.07, 6.45) is 0. The van der Waals surface area contributed by atoms with Crippen LogP contribution in [0.4, 0.5) is 5.69 Å². The van der Waals surface area contributed by atoms with E-state index in [-0.39, 0.29) is 11.6 Å². The molecule has 9 nitrogen and oxygen atoms in total. The van der Waals surface area contributed by atoms with Crippen LogP contribution in [0.2, 0.25) is 0 Å². The maximum Gasteiger partial charge on any atom is 0.278 e. The monoisotopic (exact) mass is 444 g/mol. The Bertz CT molecular complexity index is 1210. The van der Waals surface area contributed by atoms with E-state index >= 15 is 0 Å². The largest absolute Gasteiger partial charge is 0.382 e. The van der Waals surface area contributed by atoms with Crippen LogP contribution in [-0.4, -0.2) is 57.0 Å². The van der Waals surface area contributed by atoms with Crippen LogP contribution in [0, 0.1) is 13.8 Å². The Morgan fingerprint density at radius 3 is 2.93 bits per heavy atom. The number of nitrogens with zero attached hydrogens (tertiary/aromatic N) is 5. The van der Waals surface area contributed by atoms with Crippen molar-refractivity contribution in [3.8, 4) is 0 Å². The third-order valence-electron chi connectivity index (χ3n) is 4.26. The Balaban J connectivity index is 1.47. The highest BCUT2D eigenvalue weighted by molar-refractivity contribution is 8.01. The number of rotatable bonds is 8. The number of carbonyl (C=O) groups excluding carboxylic acids is 1. The molecule has 0 unspecified atom stereocenters. The van der Waals surface area contributed by atoms with E-state index in [9.17, 15) is 4.79 Å². The van der Waals surface area contributed by atoms with Crippen molar-refractivity contribution in [2.45, 2.75) is 18.2 Å². The van der Waals surface area contributed by atoms with E-state index in [0.29, 0.717) is 36.2 Å². The zero-order chi connectivity index (χ0) is 21.1. The van der Waals surface area contributed by atoms with Crippen molar-refractivity contribution >= 4 is 50.6 Å². The average molecular weight is 445 g/mol. The summed E-state index contributed by atoms with van der Waals surface area (Å²) in [6, 6.07) is 7.43. The van der Waals surface area contributed by atoms with Gasteiger partial charge < -0.3 is 14.8 Å². The number of ether oxygens (including phenoxy) is 2. The van der Waals surface area contributed by atoms with Gasteiger partial charge in [0.05, 0.1) is 40.8 Å². The van der Waals surface area contributed by atoms with Crippen LogP contribution in [0.1, 0.15) is 21.9 Å². The number of thioether (sulfide) groups is 1. The molecule has 0 bridgehead atoms. The van der Waals surface area contributed by atoms with Crippen molar-refractivity contribution < 1.29 is 14.3 Å². The van der Waals surface area contributed by atoms with Gasteiger partial charge in [-0.3, -0.25) is 4.79 Å². The number of nitrogens with one attached hydrogen (secondary N) is 1. The summed E-state index contributed by atoms with van der Waals surface area (Å²) in [5.41, 5.74) is 3.85. The molecular formula is C19H20N6O3S2. The van der Waals surface area contributed by atoms with Gasteiger partial charge in [-0.25, -0.2) is 9.50 Å². The number of benzene rings is 1. The molecular weight excluding hydrogens is 424 g/mol. The molecule has 4 aromatic rings. The SMILES string of the molecule is COCCOCSc1nc2ccc(NC(=O)c3nnc4cc(C)nn4c3C)cc2s1. The summed E-state index contributed by atoms with van der Waals surface area (Å²) >= 11 is 3.09. The van der Waals surface area contributed by atoms with Crippen molar-refractivity contribution in [2.24, 2.45) is 0 Å². The van der Waals surface area contributed by atoms with Gasteiger partial charge in [-0.1, -0.05) is 11.8 Å². The lowest BCUT2D eigenvalue weighted by molar-refractivity contribution is 0.0953. The number of hydrogen-bond donors (Lipinski definition) is 1. The summed E-state index contributed by atoms with van der Waals surface area (Å²) in [7, 11) is 1.64. The molecule has 0 spiro atoms. The predicted octanol–water partition coefficient (Wildman–Crippen LogP) is 3.32. The Kier molecular flexibility index (Phi) is 6.23. The molecule has 1 aromatic carbocycles. The fourth-order valence-corrected chi connectivity index (χ4v) is 4.66. The van der Waals surface area contributed by atoms with Gasteiger partial charge in [0.15, 0.2) is 15.7 Å².